The molecule has 7 heteroatoms. The molecule has 0 spiro atoms. The summed E-state index contributed by atoms with van der Waals surface area (Å²) in [6.45, 7) is 5.60. The van der Waals surface area contributed by atoms with Crippen molar-refractivity contribution in [3.8, 4) is 0 Å². The van der Waals surface area contributed by atoms with Crippen molar-refractivity contribution in [3.05, 3.63) is 0 Å². The van der Waals surface area contributed by atoms with Gasteiger partial charge in [-0.05, 0) is 20.8 Å². The lowest BCUT2D eigenvalue weighted by molar-refractivity contribution is -0.142. The van der Waals surface area contributed by atoms with Crippen LogP contribution in [-0.4, -0.2) is 44.9 Å². The van der Waals surface area contributed by atoms with E-state index in [-0.39, 0.29) is 19.0 Å². The van der Waals surface area contributed by atoms with Gasteiger partial charge in [0, 0.05) is 19.6 Å². The van der Waals surface area contributed by atoms with Crippen LogP contribution in [0.3, 0.4) is 0 Å². The highest BCUT2D eigenvalue weighted by atomic mass is 32.2. The molecular weight excluding hydrogens is 232 g/mol. The summed E-state index contributed by atoms with van der Waals surface area (Å²) in [4.78, 5) is 11.0. The van der Waals surface area contributed by atoms with Crippen LogP contribution in [0.25, 0.3) is 0 Å². The maximum atomic E-state index is 11.6. The largest absolute Gasteiger partial charge is 0.466 e. The monoisotopic (exact) mass is 252 g/mol. The third kappa shape index (κ3) is 5.43. The van der Waals surface area contributed by atoms with Crippen molar-refractivity contribution in [1.82, 2.24) is 9.03 Å². The summed E-state index contributed by atoms with van der Waals surface area (Å²) >= 11 is 0. The average Bonchev–Trinajstić information content (AvgIpc) is 2.16. The Morgan fingerprint density at radius 1 is 1.44 bits per heavy atom. The Balaban J connectivity index is 4.06. The minimum absolute atomic E-state index is 0.0407. The average molecular weight is 252 g/mol. The van der Waals surface area contributed by atoms with E-state index in [2.05, 4.69) is 9.46 Å². The van der Waals surface area contributed by atoms with E-state index in [1.54, 1.807) is 20.8 Å². The second kappa shape index (κ2) is 6.82. The Labute approximate surface area is 97.1 Å². The molecule has 0 amide bonds. The highest BCUT2D eigenvalue weighted by molar-refractivity contribution is 7.87. The molecule has 0 aliphatic rings. The first kappa shape index (κ1) is 15.3. The number of nitrogens with one attached hydrogen (secondary N) is 1. The number of carbonyl (C=O) groups excluding carboxylic acids is 1. The Kier molecular flexibility index (Phi) is 6.54. The molecule has 0 rings (SSSR count). The molecule has 96 valence electrons. The molecule has 0 bridgehead atoms. The minimum Gasteiger partial charge on any atom is -0.466 e. The quantitative estimate of drug-likeness (QED) is 0.653. The molecule has 0 radical (unpaired) electrons. The fraction of sp³-hybridized carbons (Fsp3) is 0.889. The molecule has 6 nitrogen and oxygen atoms in total. The second-order valence-electron chi connectivity index (χ2n) is 3.56. The van der Waals surface area contributed by atoms with Crippen molar-refractivity contribution >= 4 is 16.2 Å². The minimum atomic E-state index is -3.49. The van der Waals surface area contributed by atoms with E-state index in [0.29, 0.717) is 6.61 Å². The molecule has 0 fully saturated rings. The number of carbonyl (C=O) groups is 1. The molecule has 0 unspecified atom stereocenters. The maximum absolute atomic E-state index is 11.6. The van der Waals surface area contributed by atoms with Crippen LogP contribution in [0.4, 0.5) is 0 Å². The summed E-state index contributed by atoms with van der Waals surface area (Å²) in [6, 6.07) is -0.125. The SMILES string of the molecule is CCOC(=O)CCNS(=O)(=O)N(C)C(C)C. The molecule has 0 heterocycles. The molecule has 16 heavy (non-hydrogen) atoms. The van der Waals surface area contributed by atoms with E-state index in [4.69, 9.17) is 0 Å². The Morgan fingerprint density at radius 3 is 2.44 bits per heavy atom. The first-order valence-corrected chi connectivity index (χ1v) is 6.63. The molecule has 0 aliphatic carbocycles. The standard InChI is InChI=1S/C9H20N2O4S/c1-5-15-9(12)6-7-10-16(13,14)11(4)8(2)3/h8,10H,5-7H2,1-4H3. The number of ether oxygens (including phenoxy) is 1. The van der Waals surface area contributed by atoms with Gasteiger partial charge >= 0.3 is 5.97 Å². The van der Waals surface area contributed by atoms with E-state index in [1.165, 1.54) is 11.4 Å². The van der Waals surface area contributed by atoms with E-state index in [9.17, 15) is 13.2 Å². The van der Waals surface area contributed by atoms with Crippen LogP contribution in [0.5, 0.6) is 0 Å². The Morgan fingerprint density at radius 2 is 2.00 bits per heavy atom. The predicted molar refractivity (Wildman–Crippen MR) is 61.1 cm³/mol. The smallest absolute Gasteiger partial charge is 0.307 e. The lowest BCUT2D eigenvalue weighted by atomic mass is 10.4. The van der Waals surface area contributed by atoms with Gasteiger partial charge in [0.05, 0.1) is 13.0 Å². The molecule has 0 aromatic heterocycles. The zero-order valence-electron chi connectivity index (χ0n) is 10.2. The van der Waals surface area contributed by atoms with E-state index >= 15 is 0 Å². The highest BCUT2D eigenvalue weighted by Gasteiger charge is 2.19. The topological polar surface area (TPSA) is 75.7 Å². The molecule has 0 atom stereocenters. The molecule has 0 saturated heterocycles. The zero-order valence-corrected chi connectivity index (χ0v) is 11.0. The third-order valence-electron chi connectivity index (χ3n) is 2.03. The molecular formula is C9H20N2O4S. The van der Waals surface area contributed by atoms with Crippen LogP contribution in [-0.2, 0) is 19.7 Å². The van der Waals surface area contributed by atoms with Gasteiger partial charge in [-0.3, -0.25) is 4.79 Å². The number of nitrogens with zero attached hydrogens (tertiary/aromatic N) is 1. The number of rotatable bonds is 7. The van der Waals surface area contributed by atoms with Gasteiger partial charge < -0.3 is 4.74 Å². The summed E-state index contributed by atoms with van der Waals surface area (Å²) in [6.07, 6.45) is 0.0407. The van der Waals surface area contributed by atoms with Gasteiger partial charge in [-0.1, -0.05) is 0 Å². The lowest BCUT2D eigenvalue weighted by Crippen LogP contribution is -2.42. The molecule has 0 aromatic carbocycles. The second-order valence-corrected chi connectivity index (χ2v) is 5.38. The van der Waals surface area contributed by atoms with Crippen molar-refractivity contribution in [3.63, 3.8) is 0 Å². The zero-order chi connectivity index (χ0) is 12.8. The first-order valence-electron chi connectivity index (χ1n) is 5.19. The first-order chi connectivity index (χ1) is 7.31. The molecule has 0 aromatic rings. The van der Waals surface area contributed by atoms with Gasteiger partial charge in [0.25, 0.3) is 10.2 Å². The van der Waals surface area contributed by atoms with Gasteiger partial charge in [0.1, 0.15) is 0 Å². The lowest BCUT2D eigenvalue weighted by Gasteiger charge is -2.20. The van der Waals surface area contributed by atoms with Gasteiger partial charge in [0.15, 0.2) is 0 Å². The predicted octanol–water partition coefficient (Wildman–Crippen LogP) is 0.114. The Bertz CT molecular complexity index is 313. The molecule has 0 aliphatic heterocycles. The summed E-state index contributed by atoms with van der Waals surface area (Å²) in [7, 11) is -2.01. The van der Waals surface area contributed by atoms with Gasteiger partial charge in [-0.15, -0.1) is 0 Å². The van der Waals surface area contributed by atoms with Gasteiger partial charge in [-0.25, -0.2) is 4.72 Å². The van der Waals surface area contributed by atoms with Gasteiger partial charge in [-0.2, -0.15) is 12.7 Å². The van der Waals surface area contributed by atoms with E-state index in [0.717, 1.165) is 0 Å². The van der Waals surface area contributed by atoms with Crippen molar-refractivity contribution in [1.29, 1.82) is 0 Å². The highest BCUT2D eigenvalue weighted by Crippen LogP contribution is 2.00. The van der Waals surface area contributed by atoms with Crippen LogP contribution in [0, 0.1) is 0 Å². The normalized spacial score (nSPS) is 12.1. The van der Waals surface area contributed by atoms with Crippen LogP contribution in [0.1, 0.15) is 27.2 Å². The number of hydrogen-bond donors (Lipinski definition) is 1. The molecule has 0 saturated carbocycles. The summed E-state index contributed by atoms with van der Waals surface area (Å²) in [5, 5.41) is 0. The number of esters is 1. The summed E-state index contributed by atoms with van der Waals surface area (Å²) in [5.41, 5.74) is 0. The number of hydrogen-bond acceptors (Lipinski definition) is 4. The van der Waals surface area contributed by atoms with Crippen molar-refractivity contribution < 1.29 is 17.9 Å². The fourth-order valence-corrected chi connectivity index (χ4v) is 2.01. The third-order valence-corrected chi connectivity index (χ3v) is 3.77. The van der Waals surface area contributed by atoms with Crippen molar-refractivity contribution in [2.24, 2.45) is 0 Å². The van der Waals surface area contributed by atoms with E-state index in [1.807, 2.05) is 0 Å². The van der Waals surface area contributed by atoms with Gasteiger partial charge in [0.2, 0.25) is 0 Å². The molecule has 1 N–H and O–H groups in total. The van der Waals surface area contributed by atoms with Crippen LogP contribution >= 0.6 is 0 Å². The summed E-state index contributed by atoms with van der Waals surface area (Å²) < 4.78 is 31.4. The van der Waals surface area contributed by atoms with Crippen molar-refractivity contribution in [2.45, 2.75) is 33.2 Å². The van der Waals surface area contributed by atoms with E-state index < -0.39 is 16.2 Å². The fourth-order valence-electron chi connectivity index (χ4n) is 0.895. The Hall–Kier alpha value is -0.660. The van der Waals surface area contributed by atoms with Crippen molar-refractivity contribution in [2.75, 3.05) is 20.2 Å². The van der Waals surface area contributed by atoms with Crippen LogP contribution < -0.4 is 4.72 Å². The van der Waals surface area contributed by atoms with Crippen LogP contribution in [0.2, 0.25) is 0 Å². The summed E-state index contributed by atoms with van der Waals surface area (Å²) in [5.74, 6) is -0.405. The maximum Gasteiger partial charge on any atom is 0.307 e. The van der Waals surface area contributed by atoms with Crippen LogP contribution in [0.15, 0.2) is 0 Å².